The normalized spacial score (nSPS) is 12.0. The quantitative estimate of drug-likeness (QED) is 0.296. The van der Waals surface area contributed by atoms with Gasteiger partial charge in [-0.3, -0.25) is 20.2 Å². The largest absolute Gasteiger partial charge is 0.419 e. The molecule has 0 aliphatic rings. The van der Waals surface area contributed by atoms with Gasteiger partial charge in [-0.05, 0) is 19.1 Å². The fraction of sp³-hybridized carbons (Fsp3) is 0.250. The van der Waals surface area contributed by atoms with Crippen LogP contribution in [-0.2, 0) is 12.4 Å². The van der Waals surface area contributed by atoms with E-state index in [9.17, 15) is 46.6 Å². The smallest absolute Gasteiger partial charge is 0.335 e. The molecule has 0 aromatic heterocycles. The maximum atomic E-state index is 13.6. The van der Waals surface area contributed by atoms with Crippen LogP contribution in [-0.4, -0.2) is 16.4 Å². The molecule has 0 radical (unpaired) electrons. The molecular weight excluding hydrogens is 448 g/mol. The van der Waals surface area contributed by atoms with Crippen molar-refractivity contribution in [3.05, 3.63) is 66.7 Å². The van der Waals surface area contributed by atoms with Gasteiger partial charge >= 0.3 is 12.4 Å². The monoisotopic (exact) mass is 457 g/mol. The Bertz CT molecular complexity index is 1010. The van der Waals surface area contributed by atoms with E-state index in [1.54, 1.807) is 0 Å². The lowest BCUT2D eigenvalue weighted by molar-refractivity contribution is -0.394. The van der Waals surface area contributed by atoms with Crippen LogP contribution < -0.4 is 4.90 Å². The van der Waals surface area contributed by atoms with E-state index in [1.807, 2.05) is 0 Å². The zero-order chi connectivity index (χ0) is 23.0. The molecule has 0 atom stereocenters. The topological polar surface area (TPSA) is 89.5 Å². The van der Waals surface area contributed by atoms with E-state index in [0.29, 0.717) is 4.90 Å². The van der Waals surface area contributed by atoms with E-state index >= 15 is 0 Å². The van der Waals surface area contributed by atoms with Crippen LogP contribution in [0.5, 0.6) is 0 Å². The Balaban J connectivity index is 3.00. The Kier molecular flexibility index (Phi) is 6.16. The summed E-state index contributed by atoms with van der Waals surface area (Å²) in [7, 11) is 0. The summed E-state index contributed by atoms with van der Waals surface area (Å²) in [4.78, 5) is 20.2. The van der Waals surface area contributed by atoms with Gasteiger partial charge in [0.15, 0.2) is 0 Å². The number of rotatable bonds is 5. The minimum Gasteiger partial charge on any atom is -0.335 e. The van der Waals surface area contributed by atoms with Crippen LogP contribution in [0.3, 0.4) is 0 Å². The highest BCUT2D eigenvalue weighted by Gasteiger charge is 2.44. The number of nitro groups is 2. The molecule has 0 saturated heterocycles. The van der Waals surface area contributed by atoms with Crippen LogP contribution >= 0.6 is 11.6 Å². The van der Waals surface area contributed by atoms with Crippen molar-refractivity contribution in [3.63, 3.8) is 0 Å². The summed E-state index contributed by atoms with van der Waals surface area (Å²) in [6, 6.07) is 2.97. The van der Waals surface area contributed by atoms with Crippen molar-refractivity contribution in [1.82, 2.24) is 0 Å². The van der Waals surface area contributed by atoms with Gasteiger partial charge in [-0.15, -0.1) is 0 Å². The lowest BCUT2D eigenvalue weighted by Crippen LogP contribution is -2.25. The third-order valence-electron chi connectivity index (χ3n) is 3.94. The minimum atomic E-state index is -5.35. The van der Waals surface area contributed by atoms with E-state index in [-0.39, 0.29) is 12.1 Å². The summed E-state index contributed by atoms with van der Waals surface area (Å²) >= 11 is 5.61. The summed E-state index contributed by atoms with van der Waals surface area (Å²) in [5, 5.41) is 21.5. The molecule has 0 unspecified atom stereocenters. The first-order chi connectivity index (χ1) is 13.7. The summed E-state index contributed by atoms with van der Waals surface area (Å²) < 4.78 is 81.5. The molecule has 30 heavy (non-hydrogen) atoms. The van der Waals surface area contributed by atoms with Crippen molar-refractivity contribution in [2.24, 2.45) is 0 Å². The van der Waals surface area contributed by atoms with E-state index in [2.05, 4.69) is 0 Å². The number of nitrogens with zero attached hydrogens (tertiary/aromatic N) is 3. The van der Waals surface area contributed by atoms with Gasteiger partial charge in [0.05, 0.1) is 37.7 Å². The molecular formula is C16H10ClF6N3O4. The van der Waals surface area contributed by atoms with Gasteiger partial charge in [-0.1, -0.05) is 17.7 Å². The molecule has 14 heteroatoms. The molecule has 0 aliphatic carbocycles. The first kappa shape index (κ1) is 23.2. The van der Waals surface area contributed by atoms with Crippen LogP contribution in [0.2, 0.25) is 5.02 Å². The molecule has 0 aliphatic heterocycles. The molecule has 7 nitrogen and oxygen atoms in total. The highest BCUT2D eigenvalue weighted by Crippen LogP contribution is 2.49. The Morgan fingerprint density at radius 1 is 1.00 bits per heavy atom. The number of hydrogen-bond acceptors (Lipinski definition) is 5. The summed E-state index contributed by atoms with van der Waals surface area (Å²) in [6.07, 6.45) is -10.5. The fourth-order valence-corrected chi connectivity index (χ4v) is 3.09. The van der Waals surface area contributed by atoms with Gasteiger partial charge in [-0.2, -0.15) is 26.3 Å². The van der Waals surface area contributed by atoms with Gasteiger partial charge in [0.1, 0.15) is 5.69 Å². The SMILES string of the molecule is CCN(c1cccc(Cl)c1C(F)(F)F)c1c([N+](=O)[O-])cc([N+](=O)[O-])cc1C(F)(F)F. The maximum absolute atomic E-state index is 13.6. The van der Waals surface area contributed by atoms with E-state index in [4.69, 9.17) is 11.6 Å². The average molecular weight is 458 g/mol. The average Bonchev–Trinajstić information content (AvgIpc) is 2.59. The van der Waals surface area contributed by atoms with Crippen molar-refractivity contribution >= 4 is 34.4 Å². The van der Waals surface area contributed by atoms with E-state index in [0.717, 1.165) is 25.1 Å². The lowest BCUT2D eigenvalue weighted by atomic mass is 10.0. The Morgan fingerprint density at radius 2 is 1.60 bits per heavy atom. The van der Waals surface area contributed by atoms with Crippen LogP contribution in [0, 0.1) is 20.2 Å². The first-order valence-corrected chi connectivity index (χ1v) is 8.25. The molecule has 0 heterocycles. The van der Waals surface area contributed by atoms with Crippen LogP contribution in [0.25, 0.3) is 0 Å². The molecule has 2 aromatic rings. The van der Waals surface area contributed by atoms with Gasteiger partial charge in [0, 0.05) is 12.6 Å². The Hall–Kier alpha value is -3.09. The third kappa shape index (κ3) is 4.40. The lowest BCUT2D eigenvalue weighted by Gasteiger charge is -2.29. The summed E-state index contributed by atoms with van der Waals surface area (Å²) in [5.74, 6) is 0. The fourth-order valence-electron chi connectivity index (χ4n) is 2.82. The van der Waals surface area contributed by atoms with Crippen molar-refractivity contribution in [2.45, 2.75) is 19.3 Å². The van der Waals surface area contributed by atoms with Crippen LogP contribution in [0.15, 0.2) is 30.3 Å². The minimum absolute atomic E-state index is 0.0306. The van der Waals surface area contributed by atoms with Crippen LogP contribution in [0.4, 0.5) is 49.1 Å². The number of halogens is 7. The zero-order valence-corrected chi connectivity index (χ0v) is 15.5. The number of alkyl halides is 6. The van der Waals surface area contributed by atoms with Crippen molar-refractivity contribution < 1.29 is 36.2 Å². The molecule has 0 amide bonds. The van der Waals surface area contributed by atoms with Crippen LogP contribution in [0.1, 0.15) is 18.1 Å². The maximum Gasteiger partial charge on any atom is 0.419 e. The molecule has 0 N–H and O–H groups in total. The number of hydrogen-bond donors (Lipinski definition) is 0. The third-order valence-corrected chi connectivity index (χ3v) is 4.25. The second kappa shape index (κ2) is 7.97. The Labute approximate surface area is 168 Å². The molecule has 0 bridgehead atoms. The van der Waals surface area contributed by atoms with E-state index in [1.165, 1.54) is 0 Å². The van der Waals surface area contributed by atoms with Crippen molar-refractivity contribution in [1.29, 1.82) is 0 Å². The number of nitro benzene ring substituents is 2. The Morgan fingerprint density at radius 3 is 2.03 bits per heavy atom. The number of anilines is 2. The number of non-ortho nitro benzene ring substituents is 1. The van der Waals surface area contributed by atoms with Gasteiger partial charge in [-0.25, -0.2) is 0 Å². The molecule has 0 saturated carbocycles. The van der Waals surface area contributed by atoms with Gasteiger partial charge in [0.25, 0.3) is 11.4 Å². The molecule has 2 aromatic carbocycles. The highest BCUT2D eigenvalue weighted by atomic mass is 35.5. The van der Waals surface area contributed by atoms with Gasteiger partial charge in [0.2, 0.25) is 0 Å². The molecule has 162 valence electrons. The predicted molar refractivity (Wildman–Crippen MR) is 93.9 cm³/mol. The number of benzene rings is 2. The molecule has 0 spiro atoms. The first-order valence-electron chi connectivity index (χ1n) is 7.87. The molecule has 0 fully saturated rings. The van der Waals surface area contributed by atoms with Crippen molar-refractivity contribution in [3.8, 4) is 0 Å². The van der Waals surface area contributed by atoms with Crippen molar-refractivity contribution in [2.75, 3.05) is 11.4 Å². The van der Waals surface area contributed by atoms with E-state index < -0.39 is 67.6 Å². The second-order valence-corrected chi connectivity index (χ2v) is 6.16. The molecule has 2 rings (SSSR count). The summed E-state index contributed by atoms with van der Waals surface area (Å²) in [6.45, 7) is 0.581. The highest BCUT2D eigenvalue weighted by molar-refractivity contribution is 6.31. The zero-order valence-electron chi connectivity index (χ0n) is 14.7. The predicted octanol–water partition coefficient (Wildman–Crippen LogP) is 6.35. The second-order valence-electron chi connectivity index (χ2n) is 5.75. The van der Waals surface area contributed by atoms with Gasteiger partial charge < -0.3 is 4.90 Å². The summed E-state index contributed by atoms with van der Waals surface area (Å²) in [5.41, 5.74) is -8.11. The standard InChI is InChI=1S/C16H10ClF6N3O4/c1-2-24(11-5-3-4-10(17)13(11)16(21,22)23)14-9(15(18,19)20)6-8(25(27)28)7-12(14)26(29)30/h3-7H,2H2,1H3.